The largest absolute Gasteiger partial charge is 1.00 e. The fourth-order valence-electron chi connectivity index (χ4n) is 7.07. The topological polar surface area (TPSA) is 173 Å². The van der Waals surface area contributed by atoms with Crippen LogP contribution in [0.4, 0.5) is 11.4 Å². The van der Waals surface area contributed by atoms with Crippen LogP contribution >= 0.6 is 0 Å². The summed E-state index contributed by atoms with van der Waals surface area (Å²) in [4.78, 5) is 12.2. The minimum Gasteiger partial charge on any atom is -0.872 e. The first-order valence-corrected chi connectivity index (χ1v) is 16.0. The fraction of sp³-hybridized carbons (Fsp3) is 0. The van der Waals surface area contributed by atoms with Crippen molar-refractivity contribution in [1.82, 2.24) is 4.98 Å². The average Bonchev–Trinajstić information content (AvgIpc) is 3.53. The molecule has 0 saturated carbocycles. The maximum Gasteiger partial charge on any atom is 1.00 e. The maximum atomic E-state index is 14.3. The van der Waals surface area contributed by atoms with Crippen LogP contribution in [-0.4, -0.2) is 27.0 Å². The van der Waals surface area contributed by atoms with E-state index in [0.717, 1.165) is 0 Å². The normalized spacial score (nSPS) is 11.7. The predicted octanol–water partition coefficient (Wildman–Crippen LogP) is -4.48. The van der Waals surface area contributed by atoms with Gasteiger partial charge < -0.3 is 35.6 Å². The Kier molecular flexibility index (Phi) is 13.3. The number of H-pyrrole nitrogens is 1. The molecule has 0 aliphatic rings. The number of nitrogens with one attached hydrogen (secondary N) is 1. The third kappa shape index (κ3) is 7.05. The summed E-state index contributed by atoms with van der Waals surface area (Å²) >= 11 is 0. The first kappa shape index (κ1) is 42.9. The molecule has 0 atom stereocenters. The van der Waals surface area contributed by atoms with E-state index in [9.17, 15) is 30.6 Å². The molecule has 0 unspecified atom stereocenters. The molecular formula is C42H23N3Na4O6. The Balaban J connectivity index is 0.00000145. The Morgan fingerprint density at radius 2 is 0.691 bits per heavy atom. The van der Waals surface area contributed by atoms with Crippen LogP contribution < -0.4 is 139 Å². The molecule has 3 N–H and O–H groups in total. The summed E-state index contributed by atoms with van der Waals surface area (Å²) in [7, 11) is 0. The van der Waals surface area contributed by atoms with Gasteiger partial charge >= 0.3 is 118 Å². The van der Waals surface area contributed by atoms with Crippen LogP contribution in [0.1, 0.15) is 11.1 Å². The van der Waals surface area contributed by atoms with E-state index in [2.05, 4.69) is 15.0 Å². The molecule has 1 heterocycles. The second-order valence-electron chi connectivity index (χ2n) is 12.3. The molecule has 8 aromatic carbocycles. The van der Waals surface area contributed by atoms with E-state index in [0.29, 0.717) is 21.9 Å². The minimum atomic E-state index is -0.458. The van der Waals surface area contributed by atoms with Gasteiger partial charge in [-0.15, -0.1) is 0 Å². The molecule has 9 aromatic rings. The molecule has 0 amide bonds. The third-order valence-corrected chi connectivity index (χ3v) is 9.41. The van der Waals surface area contributed by atoms with Gasteiger partial charge in [0.15, 0.2) is 0 Å². The van der Waals surface area contributed by atoms with E-state index in [1.54, 1.807) is 121 Å². The summed E-state index contributed by atoms with van der Waals surface area (Å²) in [6, 6.07) is 33.3. The SMILES string of the molecule is [Na+].[Na+].[Na+].[Na+].[O-]c1c2ccccc2c([O-])c2c1c(N=C(O)c1ccccc1)cc1c3cc(N=C(O)c4ccccc4)c4c([O-])c5ccccc5c([O-])c4c3[nH]c12. The van der Waals surface area contributed by atoms with Crippen LogP contribution in [0.5, 0.6) is 23.0 Å². The second-order valence-corrected chi connectivity index (χ2v) is 12.3. The van der Waals surface area contributed by atoms with Crippen molar-refractivity contribution < 1.29 is 149 Å². The summed E-state index contributed by atoms with van der Waals surface area (Å²) in [5, 5.41) is 80.9. The molecule has 246 valence electrons. The van der Waals surface area contributed by atoms with E-state index >= 15 is 0 Å². The first-order valence-electron chi connectivity index (χ1n) is 16.0. The van der Waals surface area contributed by atoms with Crippen LogP contribution in [0.25, 0.3) is 64.9 Å². The summed E-state index contributed by atoms with van der Waals surface area (Å²) in [6.45, 7) is 0. The quantitative estimate of drug-likeness (QED) is 0.0708. The van der Waals surface area contributed by atoms with Gasteiger partial charge in [-0.1, -0.05) is 108 Å². The van der Waals surface area contributed by atoms with Crippen LogP contribution in [-0.2, 0) is 0 Å². The molecule has 0 spiro atoms. The number of hydrogen-bond donors (Lipinski definition) is 3. The summed E-state index contributed by atoms with van der Waals surface area (Å²) in [5.41, 5.74) is 1.36. The monoisotopic (exact) mass is 757 g/mol. The van der Waals surface area contributed by atoms with Gasteiger partial charge in [-0.25, -0.2) is 9.98 Å². The number of aromatic nitrogens is 1. The van der Waals surface area contributed by atoms with E-state index in [4.69, 9.17) is 0 Å². The van der Waals surface area contributed by atoms with Crippen molar-refractivity contribution in [2.24, 2.45) is 9.98 Å². The number of hydrogen-bond acceptors (Lipinski definition) is 6. The smallest absolute Gasteiger partial charge is 0.872 e. The maximum absolute atomic E-state index is 14.3. The van der Waals surface area contributed by atoms with E-state index < -0.39 is 23.0 Å². The molecular weight excluding hydrogens is 734 g/mol. The van der Waals surface area contributed by atoms with Gasteiger partial charge in [-0.2, -0.15) is 0 Å². The zero-order valence-electron chi connectivity index (χ0n) is 30.5. The predicted molar refractivity (Wildman–Crippen MR) is 194 cm³/mol. The molecule has 0 radical (unpaired) electrons. The molecule has 0 fully saturated rings. The fourth-order valence-corrected chi connectivity index (χ4v) is 7.07. The van der Waals surface area contributed by atoms with E-state index in [1.165, 1.54) is 0 Å². The third-order valence-electron chi connectivity index (χ3n) is 9.41. The Morgan fingerprint density at radius 3 is 1.02 bits per heavy atom. The van der Waals surface area contributed by atoms with Crippen LogP contribution in [0.3, 0.4) is 0 Å². The van der Waals surface area contributed by atoms with Crippen molar-refractivity contribution in [3.05, 3.63) is 132 Å². The molecule has 55 heavy (non-hydrogen) atoms. The molecule has 0 bridgehead atoms. The van der Waals surface area contributed by atoms with Crippen LogP contribution in [0, 0.1) is 0 Å². The van der Waals surface area contributed by atoms with Gasteiger partial charge in [0.2, 0.25) is 11.8 Å². The van der Waals surface area contributed by atoms with Gasteiger partial charge in [-0.3, -0.25) is 0 Å². The number of rotatable bonds is 4. The summed E-state index contributed by atoms with van der Waals surface area (Å²) in [5.74, 6) is -2.56. The Morgan fingerprint density at radius 1 is 0.400 bits per heavy atom. The Bertz CT molecular complexity index is 2790. The minimum absolute atomic E-state index is 0. The van der Waals surface area contributed by atoms with Gasteiger partial charge in [0.25, 0.3) is 0 Å². The standard InChI is InChI=1S/C42H27N3O6.4Na/c46-37-23-15-7-9-17-25(23)39(48)33-31(37)29(43-41(50)21-11-3-1-4-12-21)19-27-28-20-30(44-42(51)22-13-5-2-6-14-22)32-34(36(28)45-35(27)33)40(49)26-18-10-8-16-24(26)38(32)47;;;;/h1-20,45-49H,(H,43,50)(H,44,51);;;;/q;4*+1/p-4. The van der Waals surface area contributed by atoms with Crippen LogP contribution in [0.15, 0.2) is 131 Å². The van der Waals surface area contributed by atoms with Crippen molar-refractivity contribution >= 4 is 88.1 Å². The van der Waals surface area contributed by atoms with E-state index in [-0.39, 0.29) is 196 Å². The summed E-state index contributed by atoms with van der Waals surface area (Å²) < 4.78 is 0. The van der Waals surface area contributed by atoms with Crippen molar-refractivity contribution in [3.63, 3.8) is 0 Å². The molecule has 0 aliphatic carbocycles. The molecule has 13 heteroatoms. The number of aromatic amines is 1. The number of aliphatic hydroxyl groups excluding tert-OH is 2. The van der Waals surface area contributed by atoms with Crippen molar-refractivity contribution in [2.75, 3.05) is 0 Å². The summed E-state index contributed by atoms with van der Waals surface area (Å²) in [6.07, 6.45) is 0. The van der Waals surface area contributed by atoms with Crippen LogP contribution in [0.2, 0.25) is 0 Å². The number of benzene rings is 8. The van der Waals surface area contributed by atoms with Gasteiger partial charge in [0, 0.05) is 43.4 Å². The Labute approximate surface area is 402 Å². The molecule has 0 aliphatic heterocycles. The van der Waals surface area contributed by atoms with E-state index in [1.807, 2.05) is 0 Å². The first-order chi connectivity index (χ1) is 24.8. The zero-order chi connectivity index (χ0) is 35.0. The van der Waals surface area contributed by atoms with Gasteiger partial charge in [0.05, 0.1) is 22.4 Å². The number of fused-ring (bicyclic) bond motifs is 9. The second kappa shape index (κ2) is 17.1. The molecule has 9 rings (SSSR count). The number of aliphatic imine (C=N–C) groups is 2. The van der Waals surface area contributed by atoms with Gasteiger partial charge in [-0.05, 0) is 57.9 Å². The van der Waals surface area contributed by atoms with Crippen molar-refractivity contribution in [3.8, 4) is 23.0 Å². The Hall–Kier alpha value is -3.26. The average molecular weight is 758 g/mol. The number of aliphatic hydroxyl groups is 2. The van der Waals surface area contributed by atoms with Crippen molar-refractivity contribution in [1.29, 1.82) is 0 Å². The number of nitrogens with zero attached hydrogens (tertiary/aromatic N) is 2. The molecule has 9 nitrogen and oxygen atoms in total. The molecule has 1 aromatic heterocycles. The van der Waals surface area contributed by atoms with Crippen molar-refractivity contribution in [2.45, 2.75) is 0 Å². The zero-order valence-corrected chi connectivity index (χ0v) is 38.5. The van der Waals surface area contributed by atoms with Gasteiger partial charge in [0.1, 0.15) is 0 Å². The molecule has 0 saturated heterocycles.